The average Bonchev–Trinajstić information content (AvgIpc) is 3.06. The van der Waals surface area contributed by atoms with Crippen molar-refractivity contribution in [1.82, 2.24) is 20.4 Å². The largest absolute Gasteiger partial charge is 0.346 e. The first-order valence-electron chi connectivity index (χ1n) is 8.10. The van der Waals surface area contributed by atoms with Crippen molar-refractivity contribution >= 4 is 47.2 Å². The third-order valence-corrected chi connectivity index (χ3v) is 4.92. The highest BCUT2D eigenvalue weighted by Gasteiger charge is 2.24. The Kier molecular flexibility index (Phi) is 7.05. The zero-order valence-electron chi connectivity index (χ0n) is 14.3. The summed E-state index contributed by atoms with van der Waals surface area (Å²) in [6.45, 7) is 2.97. The number of aromatic nitrogens is 2. The molecule has 27 heavy (non-hydrogen) atoms. The van der Waals surface area contributed by atoms with Gasteiger partial charge in [0.25, 0.3) is 11.6 Å². The summed E-state index contributed by atoms with van der Waals surface area (Å²) < 4.78 is 1.34. The van der Waals surface area contributed by atoms with Crippen LogP contribution in [-0.4, -0.2) is 39.2 Å². The zero-order chi connectivity index (χ0) is 18.8. The maximum absolute atomic E-state index is 12.4. The number of nitro benzene ring substituents is 1. The lowest BCUT2D eigenvalue weighted by Crippen LogP contribution is -2.52. The number of non-ortho nitro benzene ring substituents is 1. The second kappa shape index (κ2) is 8.88. The molecule has 1 aliphatic heterocycles. The van der Waals surface area contributed by atoms with E-state index in [2.05, 4.69) is 15.7 Å². The number of hydrogen-bond acceptors (Lipinski definition) is 5. The fourth-order valence-corrected chi connectivity index (χ4v) is 3.58. The summed E-state index contributed by atoms with van der Waals surface area (Å²) in [6.07, 6.45) is 3.44. The second-order valence-corrected chi connectivity index (χ2v) is 6.94. The van der Waals surface area contributed by atoms with Gasteiger partial charge in [-0.05, 0) is 32.4 Å². The van der Waals surface area contributed by atoms with E-state index in [1.165, 1.54) is 23.0 Å². The molecule has 3 rings (SSSR count). The fraction of sp³-hybridized carbons (Fsp3) is 0.375. The lowest BCUT2D eigenvalue weighted by Gasteiger charge is -2.30. The predicted octanol–water partition coefficient (Wildman–Crippen LogP) is 3.38. The maximum atomic E-state index is 12.4. The van der Waals surface area contributed by atoms with Crippen LogP contribution in [0.4, 0.5) is 5.69 Å². The van der Waals surface area contributed by atoms with E-state index >= 15 is 0 Å². The highest BCUT2D eigenvalue weighted by Crippen LogP contribution is 2.32. The molecule has 2 N–H and O–H groups in total. The average molecular weight is 435 g/mol. The smallest absolute Gasteiger partial charge is 0.272 e. The van der Waals surface area contributed by atoms with E-state index in [4.69, 9.17) is 23.2 Å². The topological polar surface area (TPSA) is 102 Å². The van der Waals surface area contributed by atoms with E-state index in [1.54, 1.807) is 6.07 Å². The minimum Gasteiger partial charge on any atom is -0.346 e. The van der Waals surface area contributed by atoms with E-state index < -0.39 is 4.92 Å². The Morgan fingerprint density at radius 2 is 2.07 bits per heavy atom. The minimum atomic E-state index is -0.580. The SMILES string of the molecule is CC1NCCCC1NC(=O)c1ccn(-c2c(Cl)cc([N+](=O)[O-])cc2Cl)n1.Cl. The van der Waals surface area contributed by atoms with Gasteiger partial charge in [-0.15, -0.1) is 12.4 Å². The van der Waals surface area contributed by atoms with Crippen molar-refractivity contribution < 1.29 is 9.72 Å². The number of nitrogens with one attached hydrogen (secondary N) is 2. The molecular weight excluding hydrogens is 417 g/mol. The number of benzene rings is 1. The molecule has 0 saturated carbocycles. The number of nitrogens with zero attached hydrogens (tertiary/aromatic N) is 3. The molecule has 2 aromatic rings. The van der Waals surface area contributed by atoms with Crippen LogP contribution in [0.5, 0.6) is 0 Å². The van der Waals surface area contributed by atoms with Crippen LogP contribution in [-0.2, 0) is 0 Å². The molecule has 0 spiro atoms. The summed E-state index contributed by atoms with van der Waals surface area (Å²) in [5, 5.41) is 21.5. The first-order chi connectivity index (χ1) is 12.4. The normalized spacial score (nSPS) is 19.2. The van der Waals surface area contributed by atoms with Crippen LogP contribution in [0.3, 0.4) is 0 Å². The van der Waals surface area contributed by atoms with E-state index in [0.29, 0.717) is 0 Å². The van der Waals surface area contributed by atoms with Crippen molar-refractivity contribution in [2.24, 2.45) is 0 Å². The molecule has 0 radical (unpaired) electrons. The van der Waals surface area contributed by atoms with Crippen LogP contribution in [0.1, 0.15) is 30.3 Å². The van der Waals surface area contributed by atoms with Gasteiger partial charge in [0.2, 0.25) is 0 Å². The quantitative estimate of drug-likeness (QED) is 0.567. The van der Waals surface area contributed by atoms with Gasteiger partial charge >= 0.3 is 0 Å². The lowest BCUT2D eigenvalue weighted by molar-refractivity contribution is -0.384. The summed E-state index contributed by atoms with van der Waals surface area (Å²) in [6, 6.07) is 4.16. The minimum absolute atomic E-state index is 0. The molecule has 146 valence electrons. The summed E-state index contributed by atoms with van der Waals surface area (Å²) in [5.74, 6) is -0.293. The van der Waals surface area contributed by atoms with E-state index in [1.807, 2.05) is 6.92 Å². The Bertz CT molecular complexity index is 835. The van der Waals surface area contributed by atoms with Crippen LogP contribution in [0.15, 0.2) is 24.4 Å². The lowest BCUT2D eigenvalue weighted by atomic mass is 10.00. The third-order valence-electron chi connectivity index (χ3n) is 4.34. The van der Waals surface area contributed by atoms with Gasteiger partial charge in [-0.3, -0.25) is 14.9 Å². The van der Waals surface area contributed by atoms with Gasteiger partial charge in [-0.2, -0.15) is 5.10 Å². The van der Waals surface area contributed by atoms with Gasteiger partial charge in [-0.25, -0.2) is 4.68 Å². The molecule has 2 heterocycles. The van der Waals surface area contributed by atoms with Gasteiger partial charge in [0.1, 0.15) is 5.69 Å². The predicted molar refractivity (Wildman–Crippen MR) is 105 cm³/mol. The van der Waals surface area contributed by atoms with Crippen molar-refractivity contribution in [3.63, 3.8) is 0 Å². The van der Waals surface area contributed by atoms with E-state index in [9.17, 15) is 14.9 Å². The fourth-order valence-electron chi connectivity index (χ4n) is 2.93. The summed E-state index contributed by atoms with van der Waals surface area (Å²) in [7, 11) is 0. The standard InChI is InChI=1S/C16H17Cl2N5O3.ClH/c1-9-13(3-2-5-19-9)20-16(24)14-4-6-22(21-14)15-11(17)7-10(23(25)26)8-12(15)18;/h4,6-9,13,19H,2-3,5H2,1H3,(H,20,24);1H. The first-order valence-corrected chi connectivity index (χ1v) is 8.86. The number of amides is 1. The van der Waals surface area contributed by atoms with Gasteiger partial charge in [0.15, 0.2) is 5.69 Å². The Balaban J connectivity index is 0.00000261. The van der Waals surface area contributed by atoms with Crippen molar-refractivity contribution in [2.45, 2.75) is 31.8 Å². The molecule has 8 nitrogen and oxygen atoms in total. The van der Waals surface area contributed by atoms with Crippen LogP contribution in [0.25, 0.3) is 5.69 Å². The molecular formula is C16H18Cl3N5O3. The van der Waals surface area contributed by atoms with Gasteiger partial charge in [0.05, 0.1) is 15.0 Å². The number of carbonyl (C=O) groups is 1. The molecule has 1 aliphatic rings. The molecule has 1 fully saturated rings. The number of carbonyl (C=O) groups excluding carboxylic acids is 1. The molecule has 1 amide bonds. The third kappa shape index (κ3) is 4.70. The molecule has 1 aromatic heterocycles. The van der Waals surface area contributed by atoms with Crippen LogP contribution in [0, 0.1) is 10.1 Å². The summed E-state index contributed by atoms with van der Waals surface area (Å²) in [4.78, 5) is 22.7. The Morgan fingerprint density at radius 3 is 2.67 bits per heavy atom. The summed E-state index contributed by atoms with van der Waals surface area (Å²) in [5.41, 5.74) is 0.284. The molecule has 2 unspecified atom stereocenters. The Morgan fingerprint density at radius 1 is 1.41 bits per heavy atom. The number of nitro groups is 1. The van der Waals surface area contributed by atoms with Crippen molar-refractivity contribution in [3.8, 4) is 5.69 Å². The second-order valence-electron chi connectivity index (χ2n) is 6.13. The highest BCUT2D eigenvalue weighted by atomic mass is 35.5. The molecule has 0 aliphatic carbocycles. The Hall–Kier alpha value is -1.87. The first kappa shape index (κ1) is 21.4. The van der Waals surface area contributed by atoms with Gasteiger partial charge in [-0.1, -0.05) is 23.2 Å². The van der Waals surface area contributed by atoms with Crippen molar-refractivity contribution in [3.05, 3.63) is 50.2 Å². The number of rotatable bonds is 4. The number of halogens is 3. The van der Waals surface area contributed by atoms with Crippen LogP contribution >= 0.6 is 35.6 Å². The molecule has 0 bridgehead atoms. The molecule has 2 atom stereocenters. The zero-order valence-corrected chi connectivity index (χ0v) is 16.6. The van der Waals surface area contributed by atoms with Gasteiger partial charge < -0.3 is 10.6 Å². The molecule has 1 saturated heterocycles. The Labute approximate surface area is 171 Å². The molecule has 11 heteroatoms. The monoisotopic (exact) mass is 433 g/mol. The van der Waals surface area contributed by atoms with Crippen LogP contribution in [0.2, 0.25) is 10.0 Å². The van der Waals surface area contributed by atoms with Gasteiger partial charge in [0, 0.05) is 30.4 Å². The number of hydrogen-bond donors (Lipinski definition) is 2. The highest BCUT2D eigenvalue weighted by molar-refractivity contribution is 6.38. The molecule has 1 aromatic carbocycles. The van der Waals surface area contributed by atoms with Crippen molar-refractivity contribution in [1.29, 1.82) is 0 Å². The van der Waals surface area contributed by atoms with E-state index in [-0.39, 0.29) is 57.5 Å². The van der Waals surface area contributed by atoms with E-state index in [0.717, 1.165) is 19.4 Å². The van der Waals surface area contributed by atoms with Crippen LogP contribution < -0.4 is 10.6 Å². The van der Waals surface area contributed by atoms with Crippen molar-refractivity contribution in [2.75, 3.05) is 6.54 Å². The summed E-state index contributed by atoms with van der Waals surface area (Å²) >= 11 is 12.2. The maximum Gasteiger partial charge on any atom is 0.272 e. The number of piperidine rings is 1.